The average molecular weight is 230 g/mol. The van der Waals surface area contributed by atoms with E-state index in [-0.39, 0.29) is 10.8 Å². The van der Waals surface area contributed by atoms with Crippen LogP contribution in [0.25, 0.3) is 0 Å². The zero-order chi connectivity index (χ0) is 10.8. The zero-order valence-corrected chi connectivity index (χ0v) is 10.3. The van der Waals surface area contributed by atoms with Crippen LogP contribution in [0.2, 0.25) is 5.02 Å². The van der Waals surface area contributed by atoms with Crippen LogP contribution >= 0.6 is 23.4 Å². The van der Waals surface area contributed by atoms with Crippen molar-refractivity contribution in [2.24, 2.45) is 5.73 Å². The van der Waals surface area contributed by atoms with Crippen LogP contribution in [0.1, 0.15) is 25.5 Å². The highest BCUT2D eigenvalue weighted by molar-refractivity contribution is 8.00. The number of hydrogen-bond acceptors (Lipinski definition) is 2. The molecule has 1 nitrogen and oxygen atoms in total. The minimum atomic E-state index is -0.0359. The van der Waals surface area contributed by atoms with E-state index in [2.05, 4.69) is 20.1 Å². The Hall–Kier alpha value is -0.180. The van der Waals surface area contributed by atoms with Crippen LogP contribution < -0.4 is 5.73 Å². The highest BCUT2D eigenvalue weighted by Crippen LogP contribution is 2.36. The fourth-order valence-corrected chi connectivity index (χ4v) is 1.86. The second-order valence-corrected chi connectivity index (χ2v) is 5.67. The molecule has 0 saturated carbocycles. The molecule has 14 heavy (non-hydrogen) atoms. The summed E-state index contributed by atoms with van der Waals surface area (Å²) in [5.41, 5.74) is 7.20. The monoisotopic (exact) mass is 229 g/mol. The van der Waals surface area contributed by atoms with Gasteiger partial charge in [0.25, 0.3) is 0 Å². The van der Waals surface area contributed by atoms with Crippen LogP contribution in [0.5, 0.6) is 0 Å². The molecule has 3 heteroatoms. The smallest absolute Gasteiger partial charge is 0.0454 e. The van der Waals surface area contributed by atoms with E-state index < -0.39 is 0 Å². The molecule has 0 aliphatic rings. The third kappa shape index (κ3) is 2.44. The Kier molecular flexibility index (Phi) is 3.87. The van der Waals surface area contributed by atoms with Crippen LogP contribution in [0.3, 0.4) is 0 Å². The fourth-order valence-electron chi connectivity index (χ4n) is 1.23. The summed E-state index contributed by atoms with van der Waals surface area (Å²) < 4.78 is 0.00495. The lowest BCUT2D eigenvalue weighted by Crippen LogP contribution is -2.32. The van der Waals surface area contributed by atoms with Gasteiger partial charge in [0, 0.05) is 15.8 Å². The molecule has 0 saturated heterocycles. The number of benzene rings is 1. The second-order valence-electron chi connectivity index (χ2n) is 3.81. The summed E-state index contributed by atoms with van der Waals surface area (Å²) in [7, 11) is 0. The molecule has 0 fully saturated rings. The number of rotatable bonds is 3. The van der Waals surface area contributed by atoms with Crippen molar-refractivity contribution >= 4 is 23.4 Å². The van der Waals surface area contributed by atoms with Gasteiger partial charge in [0.1, 0.15) is 0 Å². The van der Waals surface area contributed by atoms with E-state index in [4.69, 9.17) is 17.3 Å². The quantitative estimate of drug-likeness (QED) is 0.859. The average Bonchev–Trinajstić information content (AvgIpc) is 2.17. The predicted octanol–water partition coefficient (Wildman–Crippen LogP) is 3.48. The van der Waals surface area contributed by atoms with Crippen molar-refractivity contribution in [3.05, 3.63) is 34.9 Å². The summed E-state index contributed by atoms with van der Waals surface area (Å²) in [6.45, 7) is 4.26. The zero-order valence-electron chi connectivity index (χ0n) is 8.75. The number of halogens is 1. The first kappa shape index (κ1) is 11.9. The van der Waals surface area contributed by atoms with E-state index in [1.54, 1.807) is 11.8 Å². The molecule has 0 aliphatic carbocycles. The predicted molar refractivity (Wildman–Crippen MR) is 66.0 cm³/mol. The van der Waals surface area contributed by atoms with Gasteiger partial charge in [-0.1, -0.05) is 29.8 Å². The van der Waals surface area contributed by atoms with Gasteiger partial charge in [0.2, 0.25) is 0 Å². The van der Waals surface area contributed by atoms with Crippen LogP contribution in [0.4, 0.5) is 0 Å². The van der Waals surface area contributed by atoms with E-state index in [9.17, 15) is 0 Å². The number of hydrogen-bond donors (Lipinski definition) is 1. The molecule has 78 valence electrons. The molecule has 1 rings (SSSR count). The van der Waals surface area contributed by atoms with Gasteiger partial charge in [-0.25, -0.2) is 0 Å². The first-order chi connectivity index (χ1) is 6.49. The van der Waals surface area contributed by atoms with Crippen molar-refractivity contribution in [1.82, 2.24) is 0 Å². The lowest BCUT2D eigenvalue weighted by Gasteiger charge is -2.30. The summed E-state index contributed by atoms with van der Waals surface area (Å²) in [6.07, 6.45) is 2.07. The first-order valence-corrected chi connectivity index (χ1v) is 6.14. The van der Waals surface area contributed by atoms with Gasteiger partial charge in [-0.2, -0.15) is 11.8 Å². The lowest BCUT2D eigenvalue weighted by molar-refractivity contribution is 0.564. The Labute approximate surface area is 95.0 Å². The molecule has 1 atom stereocenters. The van der Waals surface area contributed by atoms with Crippen molar-refractivity contribution in [2.75, 3.05) is 6.26 Å². The van der Waals surface area contributed by atoms with E-state index in [0.29, 0.717) is 0 Å². The Bertz CT molecular complexity index is 312. The van der Waals surface area contributed by atoms with Crippen LogP contribution in [0.15, 0.2) is 24.3 Å². The van der Waals surface area contributed by atoms with Gasteiger partial charge in [-0.3, -0.25) is 0 Å². The molecule has 0 aromatic heterocycles. The maximum atomic E-state index is 6.18. The van der Waals surface area contributed by atoms with Gasteiger partial charge < -0.3 is 5.73 Å². The van der Waals surface area contributed by atoms with E-state index in [1.807, 2.05) is 24.3 Å². The highest BCUT2D eigenvalue weighted by atomic mass is 35.5. The number of thioether (sulfide) groups is 1. The summed E-state index contributed by atoms with van der Waals surface area (Å²) in [4.78, 5) is 0. The molecular weight excluding hydrogens is 214 g/mol. The Morgan fingerprint density at radius 1 is 1.36 bits per heavy atom. The first-order valence-electron chi connectivity index (χ1n) is 4.54. The minimum Gasteiger partial charge on any atom is -0.323 e. The van der Waals surface area contributed by atoms with Crippen molar-refractivity contribution in [3.63, 3.8) is 0 Å². The topological polar surface area (TPSA) is 26.0 Å². The minimum absolute atomic E-state index is 0.00495. The molecule has 0 radical (unpaired) electrons. The molecular formula is C11H16ClNS. The maximum absolute atomic E-state index is 6.18. The summed E-state index contributed by atoms with van der Waals surface area (Å²) in [6, 6.07) is 7.73. The molecule has 1 unspecified atom stereocenters. The fraction of sp³-hybridized carbons (Fsp3) is 0.455. The lowest BCUT2D eigenvalue weighted by atomic mass is 9.96. The molecule has 0 aliphatic heterocycles. The largest absolute Gasteiger partial charge is 0.323 e. The van der Waals surface area contributed by atoms with Gasteiger partial charge >= 0.3 is 0 Å². The maximum Gasteiger partial charge on any atom is 0.0454 e. The van der Waals surface area contributed by atoms with Crippen LogP contribution in [-0.4, -0.2) is 11.0 Å². The highest BCUT2D eigenvalue weighted by Gasteiger charge is 2.27. The van der Waals surface area contributed by atoms with Crippen molar-refractivity contribution in [3.8, 4) is 0 Å². The summed E-state index contributed by atoms with van der Waals surface area (Å²) in [5.74, 6) is 0. The molecule has 0 bridgehead atoms. The molecule has 1 aromatic rings. The van der Waals surface area contributed by atoms with E-state index in [1.165, 1.54) is 0 Å². The number of nitrogens with two attached hydrogens (primary N) is 1. The van der Waals surface area contributed by atoms with Gasteiger partial charge in [-0.15, -0.1) is 0 Å². The SMILES string of the molecule is CSC(C)(C)C(N)c1ccccc1Cl. The van der Waals surface area contributed by atoms with Crippen molar-refractivity contribution in [2.45, 2.75) is 24.6 Å². The normalized spacial score (nSPS) is 14.1. The molecule has 0 heterocycles. The van der Waals surface area contributed by atoms with E-state index in [0.717, 1.165) is 10.6 Å². The standard InChI is InChI=1S/C11H16ClNS/c1-11(2,14-3)10(13)8-6-4-5-7-9(8)12/h4-7,10H,13H2,1-3H3. The Balaban J connectivity index is 3.00. The molecule has 0 amide bonds. The van der Waals surface area contributed by atoms with Crippen molar-refractivity contribution in [1.29, 1.82) is 0 Å². The molecule has 2 N–H and O–H groups in total. The third-order valence-electron chi connectivity index (χ3n) is 2.52. The molecule has 1 aromatic carbocycles. The second kappa shape index (κ2) is 4.56. The summed E-state index contributed by atoms with van der Waals surface area (Å²) in [5, 5.41) is 0.752. The Morgan fingerprint density at radius 2 is 1.93 bits per heavy atom. The Morgan fingerprint density at radius 3 is 2.43 bits per heavy atom. The van der Waals surface area contributed by atoms with Crippen molar-refractivity contribution < 1.29 is 0 Å². The molecule has 0 spiro atoms. The van der Waals surface area contributed by atoms with E-state index >= 15 is 0 Å². The van der Waals surface area contributed by atoms with Gasteiger partial charge in [0.05, 0.1) is 0 Å². The van der Waals surface area contributed by atoms with Crippen LogP contribution in [0, 0.1) is 0 Å². The summed E-state index contributed by atoms with van der Waals surface area (Å²) >= 11 is 7.85. The van der Waals surface area contributed by atoms with Crippen LogP contribution in [-0.2, 0) is 0 Å². The van der Waals surface area contributed by atoms with Gasteiger partial charge in [0.15, 0.2) is 0 Å². The third-order valence-corrected chi connectivity index (χ3v) is 4.17. The van der Waals surface area contributed by atoms with Gasteiger partial charge in [-0.05, 0) is 31.7 Å².